The smallest absolute Gasteiger partial charge is 0.196 e. The molecular formula is C16H9Br2O7P-2. The predicted molar refractivity (Wildman–Crippen MR) is 98.0 cm³/mol. The fourth-order valence-corrected chi connectivity index (χ4v) is 3.98. The van der Waals surface area contributed by atoms with E-state index >= 15 is 0 Å². The van der Waals surface area contributed by atoms with E-state index in [0.717, 1.165) is 6.07 Å². The Morgan fingerprint density at radius 2 is 1.77 bits per heavy atom. The molecule has 0 unspecified atom stereocenters. The van der Waals surface area contributed by atoms with Crippen molar-refractivity contribution in [1.29, 1.82) is 0 Å². The van der Waals surface area contributed by atoms with Crippen LogP contribution in [-0.4, -0.2) is 5.11 Å². The van der Waals surface area contributed by atoms with Gasteiger partial charge in [-0.3, -0.25) is 4.79 Å². The first-order valence-electron chi connectivity index (χ1n) is 7.04. The second-order valence-corrected chi connectivity index (χ2v) is 8.16. The lowest BCUT2D eigenvalue weighted by molar-refractivity contribution is -0.333. The van der Waals surface area contributed by atoms with Crippen LogP contribution in [0.15, 0.2) is 48.5 Å². The van der Waals surface area contributed by atoms with Crippen LogP contribution in [0.1, 0.15) is 5.56 Å². The third-order valence-electron chi connectivity index (χ3n) is 3.59. The highest BCUT2D eigenvalue weighted by Crippen LogP contribution is 2.38. The molecule has 0 saturated carbocycles. The molecule has 3 rings (SSSR count). The zero-order valence-corrected chi connectivity index (χ0v) is 17.1. The zero-order valence-electron chi connectivity index (χ0n) is 13.0. The lowest BCUT2D eigenvalue weighted by Gasteiger charge is -2.28. The molecule has 1 aromatic heterocycles. The summed E-state index contributed by atoms with van der Waals surface area (Å²) in [5.41, 5.74) is 0.569. The quantitative estimate of drug-likeness (QED) is 0.544. The van der Waals surface area contributed by atoms with Crippen molar-refractivity contribution in [3.8, 4) is 22.8 Å². The van der Waals surface area contributed by atoms with E-state index in [9.17, 15) is 24.3 Å². The monoisotopic (exact) mass is 502 g/mol. The highest BCUT2D eigenvalue weighted by Gasteiger charge is 2.16. The van der Waals surface area contributed by atoms with E-state index in [2.05, 4.69) is 36.4 Å². The van der Waals surface area contributed by atoms with Gasteiger partial charge in [0.25, 0.3) is 0 Å². The van der Waals surface area contributed by atoms with Gasteiger partial charge in [0.05, 0.1) is 14.3 Å². The summed E-state index contributed by atoms with van der Waals surface area (Å²) in [5, 5.41) is 10.0. The maximum absolute atomic E-state index is 12.6. The lowest BCUT2D eigenvalue weighted by Crippen LogP contribution is -2.18. The predicted octanol–water partition coefficient (Wildman–Crippen LogP) is 3.21. The van der Waals surface area contributed by atoms with E-state index in [-0.39, 0.29) is 33.7 Å². The topological polar surface area (TPSA) is 123 Å². The molecule has 136 valence electrons. The summed E-state index contributed by atoms with van der Waals surface area (Å²) >= 11 is 6.42. The van der Waals surface area contributed by atoms with E-state index in [1.807, 2.05) is 0 Å². The molecule has 7 nitrogen and oxygen atoms in total. The number of benzene rings is 2. The highest BCUT2D eigenvalue weighted by molar-refractivity contribution is 9.11. The Bertz CT molecular complexity index is 1110. The van der Waals surface area contributed by atoms with Gasteiger partial charge < -0.3 is 28.4 Å². The molecule has 26 heavy (non-hydrogen) atoms. The number of fused-ring (bicyclic) bond motifs is 1. The summed E-state index contributed by atoms with van der Waals surface area (Å²) in [7, 11) is -5.24. The van der Waals surface area contributed by atoms with Gasteiger partial charge in [-0.2, -0.15) is 0 Å². The molecule has 1 N–H and O–H groups in total. The Morgan fingerprint density at radius 3 is 2.35 bits per heavy atom. The number of aromatic hydroxyl groups is 1. The number of phenols is 1. The number of hydrogen-bond donors (Lipinski definition) is 1. The van der Waals surface area contributed by atoms with E-state index in [1.165, 1.54) is 12.1 Å². The van der Waals surface area contributed by atoms with E-state index in [4.69, 9.17) is 4.42 Å². The van der Waals surface area contributed by atoms with Gasteiger partial charge >= 0.3 is 0 Å². The van der Waals surface area contributed by atoms with Crippen molar-refractivity contribution in [2.24, 2.45) is 0 Å². The van der Waals surface area contributed by atoms with Gasteiger partial charge in [-0.15, -0.1) is 0 Å². The Morgan fingerprint density at radius 1 is 1.15 bits per heavy atom. The summed E-state index contributed by atoms with van der Waals surface area (Å²) in [6, 6.07) is 6.83. The number of hydrogen-bond acceptors (Lipinski definition) is 7. The molecule has 0 fully saturated rings. The molecule has 10 heteroatoms. The molecule has 0 atom stereocenters. The fraction of sp³-hybridized carbons (Fsp3) is 0.0625. The molecule has 0 spiro atoms. The molecule has 1 heterocycles. The van der Waals surface area contributed by atoms with Crippen molar-refractivity contribution in [2.45, 2.75) is 6.92 Å². The fourth-order valence-electron chi connectivity index (χ4n) is 2.42. The van der Waals surface area contributed by atoms with Gasteiger partial charge in [0.1, 0.15) is 30.7 Å². The zero-order chi connectivity index (χ0) is 19.2. The molecular weight excluding hydrogens is 495 g/mol. The average molecular weight is 504 g/mol. The van der Waals surface area contributed by atoms with Crippen molar-refractivity contribution in [3.05, 3.63) is 55.1 Å². The molecule has 0 saturated heterocycles. The minimum absolute atomic E-state index is 0.00753. The summed E-state index contributed by atoms with van der Waals surface area (Å²) in [4.78, 5) is 34.2. The van der Waals surface area contributed by atoms with Crippen LogP contribution in [0.5, 0.6) is 11.5 Å². The van der Waals surface area contributed by atoms with Gasteiger partial charge in [0, 0.05) is 17.2 Å². The Kier molecular flexibility index (Phi) is 5.02. The van der Waals surface area contributed by atoms with Gasteiger partial charge in [-0.05, 0) is 63.0 Å². The molecule has 2 aromatic carbocycles. The summed E-state index contributed by atoms with van der Waals surface area (Å²) in [5.74, 6) is -0.0304. The van der Waals surface area contributed by atoms with Gasteiger partial charge in [0.15, 0.2) is 5.43 Å². The van der Waals surface area contributed by atoms with Crippen molar-refractivity contribution in [2.75, 3.05) is 0 Å². The minimum Gasteiger partial charge on any atom is -0.780 e. The maximum Gasteiger partial charge on any atom is 0.196 e. The number of phosphoric acid groups is 1. The second-order valence-electron chi connectivity index (χ2n) is 5.37. The van der Waals surface area contributed by atoms with E-state index in [1.54, 1.807) is 19.1 Å². The largest absolute Gasteiger partial charge is 0.780 e. The van der Waals surface area contributed by atoms with Crippen molar-refractivity contribution in [3.63, 3.8) is 0 Å². The summed E-state index contributed by atoms with van der Waals surface area (Å²) in [6.45, 7) is 1.59. The molecule has 3 aromatic rings. The Hall–Kier alpha value is -1.64. The summed E-state index contributed by atoms with van der Waals surface area (Å²) < 4.78 is 21.6. The lowest BCUT2D eigenvalue weighted by atomic mass is 10.1. The first kappa shape index (κ1) is 19.1. The van der Waals surface area contributed by atoms with Gasteiger partial charge in [-0.25, -0.2) is 0 Å². The molecule has 0 aliphatic heterocycles. The SMILES string of the molecule is Cc1c(-c2cc(Br)c(O)c(Br)c2)oc2cc(OP(=O)([O-])[O-])ccc2c1=O. The normalized spacial score (nSPS) is 11.7. The van der Waals surface area contributed by atoms with Crippen molar-refractivity contribution < 1.29 is 28.4 Å². The molecule has 0 bridgehead atoms. The van der Waals surface area contributed by atoms with E-state index in [0.29, 0.717) is 20.1 Å². The van der Waals surface area contributed by atoms with E-state index < -0.39 is 7.82 Å². The summed E-state index contributed by atoms with van der Waals surface area (Å²) in [6.07, 6.45) is 0. The van der Waals surface area contributed by atoms with Gasteiger partial charge in [0.2, 0.25) is 0 Å². The standard InChI is InChI=1S/C16H11Br2O7P/c1-7-14(19)10-3-2-9(25-26(21,22)23)6-13(10)24-16(7)8-4-11(17)15(20)12(18)5-8/h2-6,20H,1H3,(H2,21,22,23)/p-2. The Labute approximate surface area is 163 Å². The molecule has 0 aliphatic carbocycles. The second kappa shape index (κ2) is 6.83. The molecule has 0 amide bonds. The minimum atomic E-state index is -5.24. The Balaban J connectivity index is 2.25. The number of phenolic OH excluding ortho intramolecular Hbond substituents is 1. The van der Waals surface area contributed by atoms with Crippen LogP contribution in [0.2, 0.25) is 0 Å². The van der Waals surface area contributed by atoms with Crippen molar-refractivity contribution in [1.82, 2.24) is 0 Å². The molecule has 0 radical (unpaired) electrons. The van der Waals surface area contributed by atoms with Crippen LogP contribution in [0.3, 0.4) is 0 Å². The first-order chi connectivity index (χ1) is 12.1. The number of phosphoric ester groups is 1. The highest BCUT2D eigenvalue weighted by atomic mass is 79.9. The van der Waals surface area contributed by atoms with Crippen LogP contribution >= 0.6 is 39.7 Å². The van der Waals surface area contributed by atoms with Crippen molar-refractivity contribution >= 4 is 50.7 Å². The van der Waals surface area contributed by atoms with Crippen LogP contribution in [0, 0.1) is 6.92 Å². The number of halogens is 2. The van der Waals surface area contributed by atoms with Crippen LogP contribution in [0.4, 0.5) is 0 Å². The van der Waals surface area contributed by atoms with Crippen LogP contribution in [-0.2, 0) is 4.57 Å². The first-order valence-corrected chi connectivity index (χ1v) is 10.1. The third-order valence-corrected chi connectivity index (χ3v) is 5.23. The van der Waals surface area contributed by atoms with Gasteiger partial charge in [-0.1, -0.05) is 0 Å². The maximum atomic E-state index is 12.6. The molecule has 0 aliphatic rings. The number of rotatable bonds is 3. The van der Waals surface area contributed by atoms with Crippen LogP contribution in [0.25, 0.3) is 22.3 Å². The average Bonchev–Trinajstić information content (AvgIpc) is 2.54. The third kappa shape index (κ3) is 3.72. The van der Waals surface area contributed by atoms with Crippen LogP contribution < -0.4 is 19.7 Å².